The van der Waals surface area contributed by atoms with Crippen molar-refractivity contribution >= 4 is 23.9 Å². The summed E-state index contributed by atoms with van der Waals surface area (Å²) in [5, 5.41) is 4.06. The van der Waals surface area contributed by atoms with Gasteiger partial charge in [0.15, 0.2) is 0 Å². The predicted molar refractivity (Wildman–Crippen MR) is 79.1 cm³/mol. The number of imide groups is 2. The van der Waals surface area contributed by atoms with Gasteiger partial charge in [0, 0.05) is 5.56 Å². The van der Waals surface area contributed by atoms with Crippen molar-refractivity contribution in [3.8, 4) is 0 Å². The summed E-state index contributed by atoms with van der Waals surface area (Å²) in [4.78, 5) is 47.9. The van der Waals surface area contributed by atoms with E-state index in [2.05, 4.69) is 10.1 Å². The minimum Gasteiger partial charge on any atom is -0.450 e. The zero-order valence-electron chi connectivity index (χ0n) is 13.4. The van der Waals surface area contributed by atoms with Crippen LogP contribution in [0.5, 0.6) is 0 Å². The highest BCUT2D eigenvalue weighted by Crippen LogP contribution is 2.31. The number of benzene rings is 1. The molecule has 1 atom stereocenters. The summed E-state index contributed by atoms with van der Waals surface area (Å²) in [7, 11) is 0. The van der Waals surface area contributed by atoms with Gasteiger partial charge in [-0.15, -0.1) is 0 Å². The molecular weight excluding hydrogens is 340 g/mol. The van der Waals surface area contributed by atoms with Crippen molar-refractivity contribution in [1.29, 1.82) is 0 Å². The molecule has 134 valence electrons. The van der Waals surface area contributed by atoms with E-state index in [0.29, 0.717) is 4.90 Å². The number of amides is 5. The maximum absolute atomic E-state index is 14.0. The highest BCUT2D eigenvalue weighted by molar-refractivity contribution is 6.09. The van der Waals surface area contributed by atoms with E-state index in [4.69, 9.17) is 0 Å². The van der Waals surface area contributed by atoms with E-state index in [1.54, 1.807) is 0 Å². The maximum atomic E-state index is 14.0. The molecule has 8 nitrogen and oxygen atoms in total. The van der Waals surface area contributed by atoms with Gasteiger partial charge in [0.2, 0.25) is 5.91 Å². The number of nitrogens with zero attached hydrogens (tertiary/aromatic N) is 1. The van der Waals surface area contributed by atoms with Crippen LogP contribution in [0.4, 0.5) is 18.4 Å². The number of rotatable bonds is 4. The first-order chi connectivity index (χ1) is 11.7. The minimum atomic E-state index is -1.88. The highest BCUT2D eigenvalue weighted by atomic mass is 19.1. The van der Waals surface area contributed by atoms with Gasteiger partial charge in [-0.05, 0) is 32.0 Å². The van der Waals surface area contributed by atoms with Crippen LogP contribution in [-0.4, -0.2) is 42.0 Å². The van der Waals surface area contributed by atoms with Crippen molar-refractivity contribution in [3.05, 3.63) is 35.4 Å². The van der Waals surface area contributed by atoms with Crippen LogP contribution in [0, 0.1) is 11.6 Å². The van der Waals surface area contributed by atoms with E-state index in [1.807, 2.05) is 5.32 Å². The van der Waals surface area contributed by atoms with Crippen LogP contribution in [-0.2, 0) is 19.9 Å². The van der Waals surface area contributed by atoms with E-state index < -0.39 is 47.7 Å². The summed E-state index contributed by atoms with van der Waals surface area (Å²) in [6.07, 6.45) is -1.03. The highest BCUT2D eigenvalue weighted by Gasteiger charge is 2.50. The topological polar surface area (TPSA) is 105 Å². The molecule has 0 radical (unpaired) electrons. The van der Waals surface area contributed by atoms with Gasteiger partial charge in [-0.3, -0.25) is 19.8 Å². The summed E-state index contributed by atoms with van der Waals surface area (Å²) >= 11 is 0. The summed E-state index contributed by atoms with van der Waals surface area (Å²) < 4.78 is 31.9. The smallest absolute Gasteiger partial charge is 0.413 e. The van der Waals surface area contributed by atoms with Gasteiger partial charge in [-0.2, -0.15) is 0 Å². The molecule has 0 aromatic heterocycles. The molecule has 1 saturated heterocycles. The van der Waals surface area contributed by atoms with Crippen molar-refractivity contribution in [2.45, 2.75) is 19.4 Å². The molecule has 1 aromatic carbocycles. The van der Waals surface area contributed by atoms with E-state index >= 15 is 0 Å². The maximum Gasteiger partial charge on any atom is 0.413 e. The first-order valence-corrected chi connectivity index (χ1v) is 7.25. The summed E-state index contributed by atoms with van der Waals surface area (Å²) in [5.74, 6) is -3.61. The second kappa shape index (κ2) is 6.83. The lowest BCUT2D eigenvalue weighted by atomic mass is 9.91. The number of carbonyl (C=O) groups excluding carboxylic acids is 4. The molecule has 1 heterocycles. The second-order valence-corrected chi connectivity index (χ2v) is 5.34. The van der Waals surface area contributed by atoms with Gasteiger partial charge >= 0.3 is 12.1 Å². The van der Waals surface area contributed by atoms with Gasteiger partial charge in [0.25, 0.3) is 5.91 Å². The van der Waals surface area contributed by atoms with Crippen LogP contribution in [0.25, 0.3) is 0 Å². The molecular formula is C15H15F2N3O5. The summed E-state index contributed by atoms with van der Waals surface area (Å²) in [6.45, 7) is 1.96. The first kappa shape index (κ1) is 18.3. The Labute approximate surface area is 141 Å². The molecule has 0 bridgehead atoms. The number of hydrogen-bond acceptors (Lipinski definition) is 5. The number of ether oxygens (including phenoxy) is 1. The lowest BCUT2D eigenvalue weighted by Crippen LogP contribution is -2.44. The Hall–Kier alpha value is -3.04. The molecule has 1 aliphatic rings. The van der Waals surface area contributed by atoms with Crippen LogP contribution < -0.4 is 10.6 Å². The SMILES string of the molecule is CCOC(=O)NC(=O)CN1C(=O)N[C@@](C)(c2cc(F)ccc2F)C1=O. The van der Waals surface area contributed by atoms with Crippen molar-refractivity contribution < 1.29 is 32.7 Å². The Bertz CT molecular complexity index is 755. The van der Waals surface area contributed by atoms with E-state index in [1.165, 1.54) is 13.8 Å². The Morgan fingerprint density at radius 1 is 1.32 bits per heavy atom. The average Bonchev–Trinajstić information content (AvgIpc) is 2.74. The standard InChI is InChI=1S/C15H15F2N3O5/c1-3-25-14(24)18-11(21)7-20-12(22)15(2,19-13(20)23)9-6-8(16)4-5-10(9)17/h4-6H,3,7H2,1-2H3,(H,19,23)(H,18,21,24)/t15-/m0/s1. The largest absolute Gasteiger partial charge is 0.450 e. The number of carbonyl (C=O) groups is 4. The monoisotopic (exact) mass is 355 g/mol. The molecule has 2 rings (SSSR count). The number of alkyl carbamates (subject to hydrolysis) is 1. The van der Waals surface area contributed by atoms with Crippen molar-refractivity contribution in [2.24, 2.45) is 0 Å². The summed E-state index contributed by atoms with van der Waals surface area (Å²) in [5.41, 5.74) is -2.26. The van der Waals surface area contributed by atoms with Crippen LogP contribution in [0.3, 0.4) is 0 Å². The molecule has 0 saturated carbocycles. The molecule has 5 amide bonds. The Morgan fingerprint density at radius 3 is 2.64 bits per heavy atom. The number of hydrogen-bond donors (Lipinski definition) is 2. The minimum absolute atomic E-state index is 0.0269. The average molecular weight is 355 g/mol. The normalized spacial score (nSPS) is 19.6. The Balaban J connectivity index is 2.20. The molecule has 25 heavy (non-hydrogen) atoms. The molecule has 1 fully saturated rings. The van der Waals surface area contributed by atoms with Gasteiger partial charge in [0.1, 0.15) is 23.7 Å². The number of nitrogens with one attached hydrogen (secondary N) is 2. The lowest BCUT2D eigenvalue weighted by molar-refractivity contribution is -0.134. The molecule has 1 aliphatic heterocycles. The second-order valence-electron chi connectivity index (χ2n) is 5.34. The zero-order chi connectivity index (χ0) is 18.8. The van der Waals surface area contributed by atoms with Gasteiger partial charge in [-0.1, -0.05) is 0 Å². The third kappa shape index (κ3) is 3.57. The fourth-order valence-electron chi connectivity index (χ4n) is 2.37. The third-order valence-corrected chi connectivity index (χ3v) is 3.56. The lowest BCUT2D eigenvalue weighted by Gasteiger charge is -2.22. The fraction of sp³-hybridized carbons (Fsp3) is 0.333. The third-order valence-electron chi connectivity index (χ3n) is 3.56. The molecule has 10 heteroatoms. The molecule has 0 unspecified atom stereocenters. The van der Waals surface area contributed by atoms with Crippen LogP contribution >= 0.6 is 0 Å². The Morgan fingerprint density at radius 2 is 2.00 bits per heavy atom. The summed E-state index contributed by atoms with van der Waals surface area (Å²) in [6, 6.07) is 1.50. The number of halogens is 2. The van der Waals surface area contributed by atoms with E-state index in [-0.39, 0.29) is 12.2 Å². The quantitative estimate of drug-likeness (QED) is 0.784. The fourth-order valence-corrected chi connectivity index (χ4v) is 2.37. The molecule has 0 aliphatic carbocycles. The molecule has 1 aromatic rings. The van der Waals surface area contributed by atoms with Crippen LogP contribution in [0.1, 0.15) is 19.4 Å². The van der Waals surface area contributed by atoms with Crippen molar-refractivity contribution in [2.75, 3.05) is 13.2 Å². The van der Waals surface area contributed by atoms with Crippen LogP contribution in [0.2, 0.25) is 0 Å². The van der Waals surface area contributed by atoms with Crippen molar-refractivity contribution in [3.63, 3.8) is 0 Å². The van der Waals surface area contributed by atoms with Gasteiger partial charge in [0.05, 0.1) is 6.61 Å². The van der Waals surface area contributed by atoms with Crippen LogP contribution in [0.15, 0.2) is 18.2 Å². The Kier molecular flexibility index (Phi) is 5.00. The number of urea groups is 1. The van der Waals surface area contributed by atoms with E-state index in [0.717, 1.165) is 18.2 Å². The van der Waals surface area contributed by atoms with Gasteiger partial charge in [-0.25, -0.2) is 18.4 Å². The molecule has 2 N–H and O–H groups in total. The predicted octanol–water partition coefficient (Wildman–Crippen LogP) is 1.00. The molecule has 0 spiro atoms. The van der Waals surface area contributed by atoms with Crippen molar-refractivity contribution in [1.82, 2.24) is 15.5 Å². The van der Waals surface area contributed by atoms with Gasteiger partial charge < -0.3 is 10.1 Å². The zero-order valence-corrected chi connectivity index (χ0v) is 13.4. The van der Waals surface area contributed by atoms with E-state index in [9.17, 15) is 28.0 Å². The first-order valence-electron chi connectivity index (χ1n) is 7.25.